The van der Waals surface area contributed by atoms with E-state index >= 15 is 0 Å². The highest BCUT2D eigenvalue weighted by Gasteiger charge is 2.36. The maximum Gasteiger partial charge on any atom is 0.271 e. The van der Waals surface area contributed by atoms with Gasteiger partial charge in [-0.1, -0.05) is 71.7 Å². The van der Waals surface area contributed by atoms with E-state index in [1.165, 1.54) is 25.7 Å². The molecule has 0 aromatic rings. The Morgan fingerprint density at radius 1 is 0.625 bits per heavy atom. The monoisotopic (exact) mass is 378 g/mol. The van der Waals surface area contributed by atoms with E-state index in [0.717, 1.165) is 64.0 Å². The van der Waals surface area contributed by atoms with E-state index < -0.39 is 6.65 Å². The summed E-state index contributed by atoms with van der Waals surface area (Å²) in [4.78, 5) is 0. The molecule has 0 saturated heterocycles. The molecule has 146 valence electrons. The topological polar surface area (TPSA) is 23.6 Å². The number of hydrogen-bond donors (Lipinski definition) is 0. The van der Waals surface area contributed by atoms with Gasteiger partial charge < -0.3 is 0 Å². The van der Waals surface area contributed by atoms with Crippen molar-refractivity contribution >= 4 is 18.0 Å². The second-order valence-electron chi connectivity index (χ2n) is 6.65. The molecule has 0 fully saturated rings. The Morgan fingerprint density at radius 3 is 1.21 bits per heavy atom. The second kappa shape index (κ2) is 15.7. The zero-order chi connectivity index (χ0) is 18.3. The van der Waals surface area contributed by atoms with Crippen LogP contribution in [0.15, 0.2) is 0 Å². The highest BCUT2D eigenvalue weighted by molar-refractivity contribution is 8.56. The first kappa shape index (κ1) is 24.5. The van der Waals surface area contributed by atoms with E-state index in [9.17, 15) is 4.57 Å². The minimum absolute atomic E-state index is 0.985. The van der Waals surface area contributed by atoms with Crippen LogP contribution in [0.5, 0.6) is 0 Å². The maximum absolute atomic E-state index is 14.2. The fraction of sp³-hybridized carbons (Fsp3) is 1.00. The molecule has 24 heavy (non-hydrogen) atoms. The van der Waals surface area contributed by atoms with Crippen LogP contribution in [0.2, 0.25) is 0 Å². The van der Waals surface area contributed by atoms with Crippen molar-refractivity contribution in [3.63, 3.8) is 0 Å². The van der Waals surface area contributed by atoms with Gasteiger partial charge in [-0.15, -0.1) is 0 Å². The normalized spacial score (nSPS) is 12.5. The quantitative estimate of drug-likeness (QED) is 0.253. The zero-order valence-electron chi connectivity index (χ0n) is 17.1. The Labute approximate surface area is 156 Å². The van der Waals surface area contributed by atoms with Crippen LogP contribution in [0.1, 0.15) is 92.4 Å². The van der Waals surface area contributed by atoms with E-state index in [1.54, 1.807) is 11.4 Å². The number of nitrogens with zero attached hydrogens (tertiary/aromatic N) is 2. The highest BCUT2D eigenvalue weighted by Crippen LogP contribution is 2.64. The third-order valence-corrected chi connectivity index (χ3v) is 10.4. The molecule has 0 aliphatic carbocycles. The lowest BCUT2D eigenvalue weighted by Crippen LogP contribution is -2.33. The summed E-state index contributed by atoms with van der Waals surface area (Å²) < 4.78 is 18.9. The largest absolute Gasteiger partial charge is 0.277 e. The van der Waals surface area contributed by atoms with Gasteiger partial charge in [0.1, 0.15) is 0 Å². The summed E-state index contributed by atoms with van der Waals surface area (Å²) in [5.41, 5.74) is 0. The molecule has 0 amide bonds. The van der Waals surface area contributed by atoms with Gasteiger partial charge in [-0.2, -0.15) is 0 Å². The molecule has 0 bridgehead atoms. The lowest BCUT2D eigenvalue weighted by molar-refractivity contribution is 0.330. The van der Waals surface area contributed by atoms with Gasteiger partial charge >= 0.3 is 0 Å². The number of hydrogen-bond acceptors (Lipinski definition) is 2. The molecule has 0 saturated carbocycles. The molecule has 0 atom stereocenters. The van der Waals surface area contributed by atoms with Crippen molar-refractivity contribution in [2.75, 3.05) is 31.9 Å². The van der Waals surface area contributed by atoms with Crippen LogP contribution >= 0.6 is 18.0 Å². The van der Waals surface area contributed by atoms with Crippen LogP contribution in [-0.2, 0) is 4.57 Å². The summed E-state index contributed by atoms with van der Waals surface area (Å²) in [6, 6.07) is 0. The van der Waals surface area contributed by atoms with Crippen LogP contribution in [-0.4, -0.2) is 41.3 Å². The predicted octanol–water partition coefficient (Wildman–Crippen LogP) is 7.04. The minimum atomic E-state index is -2.49. The average molecular weight is 379 g/mol. The van der Waals surface area contributed by atoms with Crippen molar-refractivity contribution in [3.05, 3.63) is 0 Å². The van der Waals surface area contributed by atoms with Crippen molar-refractivity contribution in [3.8, 4) is 0 Å². The Balaban J connectivity index is 5.37. The molecule has 0 spiro atoms. The lowest BCUT2D eigenvalue weighted by Gasteiger charge is -2.39. The van der Waals surface area contributed by atoms with Crippen molar-refractivity contribution < 1.29 is 4.57 Å². The number of rotatable bonds is 17. The first-order valence-corrected chi connectivity index (χ1v) is 13.6. The van der Waals surface area contributed by atoms with E-state index in [2.05, 4.69) is 44.0 Å². The third kappa shape index (κ3) is 9.27. The molecule has 0 radical (unpaired) electrons. The molecule has 0 N–H and O–H groups in total. The average Bonchev–Trinajstić information content (AvgIpc) is 2.59. The Morgan fingerprint density at radius 2 is 0.958 bits per heavy atom. The first-order valence-electron chi connectivity index (χ1n) is 10.4. The highest BCUT2D eigenvalue weighted by atomic mass is 32.7. The van der Waals surface area contributed by atoms with E-state index in [1.807, 2.05) is 0 Å². The molecule has 0 heterocycles. The molecule has 0 unspecified atom stereocenters. The summed E-state index contributed by atoms with van der Waals surface area (Å²) in [6.07, 6.45) is 10.4. The van der Waals surface area contributed by atoms with E-state index in [0.29, 0.717) is 0 Å². The van der Waals surface area contributed by atoms with Crippen molar-refractivity contribution in [2.24, 2.45) is 0 Å². The van der Waals surface area contributed by atoms with Gasteiger partial charge in [-0.05, 0) is 32.1 Å². The fourth-order valence-electron chi connectivity index (χ4n) is 2.64. The van der Waals surface area contributed by atoms with Crippen LogP contribution in [0.25, 0.3) is 0 Å². The van der Waals surface area contributed by atoms with E-state index in [-0.39, 0.29) is 0 Å². The van der Waals surface area contributed by atoms with Crippen molar-refractivity contribution in [1.29, 1.82) is 0 Å². The predicted molar refractivity (Wildman–Crippen MR) is 113 cm³/mol. The lowest BCUT2D eigenvalue weighted by atomic mass is 10.3. The van der Waals surface area contributed by atoms with Gasteiger partial charge in [0.25, 0.3) is 6.65 Å². The number of unbranched alkanes of at least 4 members (excludes halogenated alkanes) is 4. The Kier molecular flexibility index (Phi) is 16.1. The molecular formula is C19H43N2OPS. The third-order valence-electron chi connectivity index (χ3n) is 4.26. The Hall–Kier alpha value is 0.500. The molecule has 0 rings (SSSR count). The molecule has 0 aromatic heterocycles. The van der Waals surface area contributed by atoms with Crippen LogP contribution < -0.4 is 0 Å². The van der Waals surface area contributed by atoms with Crippen LogP contribution in [0, 0.1) is 0 Å². The Bertz CT molecular complexity index is 288. The summed E-state index contributed by atoms with van der Waals surface area (Å²) in [6.45, 7) is 12.6. The maximum atomic E-state index is 14.2. The summed E-state index contributed by atoms with van der Waals surface area (Å²) in [7, 11) is 0. The van der Waals surface area contributed by atoms with Gasteiger partial charge in [0, 0.05) is 31.9 Å². The van der Waals surface area contributed by atoms with Crippen LogP contribution in [0.3, 0.4) is 0 Å². The fourth-order valence-corrected chi connectivity index (χ4v) is 8.55. The molecule has 5 heteroatoms. The smallest absolute Gasteiger partial charge is 0.271 e. The van der Waals surface area contributed by atoms with E-state index in [4.69, 9.17) is 0 Å². The molecule has 0 aromatic carbocycles. The molecule has 0 aliphatic rings. The van der Waals surface area contributed by atoms with Gasteiger partial charge in [-0.25, -0.2) is 9.34 Å². The van der Waals surface area contributed by atoms with Gasteiger partial charge in [0.15, 0.2) is 0 Å². The first-order chi connectivity index (χ1) is 11.6. The van der Waals surface area contributed by atoms with Gasteiger partial charge in [0.05, 0.1) is 0 Å². The summed E-state index contributed by atoms with van der Waals surface area (Å²) >= 11 is 1.75. The summed E-state index contributed by atoms with van der Waals surface area (Å²) in [5, 5.41) is 0. The second-order valence-corrected chi connectivity index (χ2v) is 11.6. The van der Waals surface area contributed by atoms with Crippen LogP contribution in [0.4, 0.5) is 0 Å². The molecule has 3 nitrogen and oxygen atoms in total. The SMILES string of the molecule is CCCCN(CCCC)P(=O)(SCCC)N(CCCC)CCCC. The minimum Gasteiger partial charge on any atom is -0.277 e. The molecular weight excluding hydrogens is 335 g/mol. The van der Waals surface area contributed by atoms with Gasteiger partial charge in [-0.3, -0.25) is 4.57 Å². The standard InChI is InChI=1S/C19H43N2OPS/c1-6-11-15-20(16-12-7-2)23(22,24-19-10-5)21(17-13-8-3)18-14-9-4/h6-19H2,1-5H3. The zero-order valence-corrected chi connectivity index (χ0v) is 18.8. The van der Waals surface area contributed by atoms with Crippen molar-refractivity contribution in [1.82, 2.24) is 9.34 Å². The van der Waals surface area contributed by atoms with Crippen molar-refractivity contribution in [2.45, 2.75) is 92.4 Å². The van der Waals surface area contributed by atoms with Gasteiger partial charge in [0.2, 0.25) is 0 Å². The summed E-state index contributed by atoms with van der Waals surface area (Å²) in [5.74, 6) is 1.00. The molecule has 0 aliphatic heterocycles.